The summed E-state index contributed by atoms with van der Waals surface area (Å²) in [7, 11) is 0. The Morgan fingerprint density at radius 1 is 0.952 bits per heavy atom. The summed E-state index contributed by atoms with van der Waals surface area (Å²) < 4.78 is 2.24. The van der Waals surface area contributed by atoms with Gasteiger partial charge in [0.2, 0.25) is 0 Å². The predicted molar refractivity (Wildman–Crippen MR) is 82.9 cm³/mol. The second-order valence-corrected chi connectivity index (χ2v) is 6.07. The number of rotatable bonds is 2. The standard InChI is InChI=1S/C15H26N6/c16-15(20-9-5-1-2-6-10-20)17-12-14-19-18-13-8-4-3-7-11-21(13)14/h1-12H2,(H2,16,17). The number of nitrogens with two attached hydrogens (primary N) is 1. The van der Waals surface area contributed by atoms with Crippen LogP contribution in [0.25, 0.3) is 0 Å². The van der Waals surface area contributed by atoms with Gasteiger partial charge in [-0.05, 0) is 25.7 Å². The number of guanidine groups is 1. The first-order valence-electron chi connectivity index (χ1n) is 8.30. The molecule has 0 spiro atoms. The topological polar surface area (TPSA) is 72.3 Å². The third kappa shape index (κ3) is 3.54. The molecule has 0 aliphatic carbocycles. The molecule has 0 aromatic carbocycles. The number of aromatic nitrogens is 3. The van der Waals surface area contributed by atoms with Crippen molar-refractivity contribution in [3.8, 4) is 0 Å². The smallest absolute Gasteiger partial charge is 0.191 e. The van der Waals surface area contributed by atoms with E-state index in [1.54, 1.807) is 0 Å². The van der Waals surface area contributed by atoms with Crippen molar-refractivity contribution in [3.05, 3.63) is 11.6 Å². The first-order valence-corrected chi connectivity index (χ1v) is 8.30. The number of aryl methyl sites for hydroxylation is 1. The molecular weight excluding hydrogens is 264 g/mol. The minimum atomic E-state index is 0.551. The van der Waals surface area contributed by atoms with E-state index in [2.05, 4.69) is 24.7 Å². The van der Waals surface area contributed by atoms with Gasteiger partial charge in [0.1, 0.15) is 12.4 Å². The van der Waals surface area contributed by atoms with Crippen molar-refractivity contribution < 1.29 is 0 Å². The van der Waals surface area contributed by atoms with Crippen molar-refractivity contribution in [1.82, 2.24) is 19.7 Å². The van der Waals surface area contributed by atoms with Crippen molar-refractivity contribution in [2.24, 2.45) is 10.7 Å². The van der Waals surface area contributed by atoms with Gasteiger partial charge in [-0.2, -0.15) is 0 Å². The first-order chi connectivity index (χ1) is 10.3. The maximum absolute atomic E-state index is 6.16. The minimum Gasteiger partial charge on any atom is -0.370 e. The molecule has 2 aliphatic heterocycles. The van der Waals surface area contributed by atoms with E-state index in [1.165, 1.54) is 44.9 Å². The Kier molecular flexibility index (Phi) is 4.72. The van der Waals surface area contributed by atoms with Crippen LogP contribution in [0.1, 0.15) is 56.6 Å². The van der Waals surface area contributed by atoms with Crippen molar-refractivity contribution in [2.45, 2.75) is 64.5 Å². The molecule has 1 aromatic rings. The van der Waals surface area contributed by atoms with E-state index < -0.39 is 0 Å². The molecule has 6 nitrogen and oxygen atoms in total. The van der Waals surface area contributed by atoms with E-state index >= 15 is 0 Å². The van der Waals surface area contributed by atoms with Crippen LogP contribution in [0.3, 0.4) is 0 Å². The molecule has 0 bridgehead atoms. The van der Waals surface area contributed by atoms with Gasteiger partial charge in [0.05, 0.1) is 0 Å². The van der Waals surface area contributed by atoms with Crippen LogP contribution >= 0.6 is 0 Å². The highest BCUT2D eigenvalue weighted by Gasteiger charge is 2.15. The maximum atomic E-state index is 6.16. The zero-order chi connectivity index (χ0) is 14.5. The normalized spacial score (nSPS) is 20.8. The molecule has 1 saturated heterocycles. The lowest BCUT2D eigenvalue weighted by atomic mass is 10.2. The SMILES string of the molecule is NC(=NCc1nnc2n1CCCCC2)N1CCCCCC1. The summed E-state index contributed by atoms with van der Waals surface area (Å²) in [6, 6.07) is 0. The molecule has 0 atom stereocenters. The Hall–Kier alpha value is -1.59. The van der Waals surface area contributed by atoms with Crippen molar-refractivity contribution in [2.75, 3.05) is 13.1 Å². The molecule has 1 aromatic heterocycles. The summed E-state index contributed by atoms with van der Waals surface area (Å²) in [6.45, 7) is 3.65. The van der Waals surface area contributed by atoms with Crippen LogP contribution in [0.5, 0.6) is 0 Å². The van der Waals surface area contributed by atoms with Crippen LogP contribution in [-0.2, 0) is 19.5 Å². The number of hydrogen-bond acceptors (Lipinski definition) is 3. The Bertz CT molecular complexity index is 484. The average Bonchev–Trinajstić information content (AvgIpc) is 2.72. The van der Waals surface area contributed by atoms with Crippen LogP contribution < -0.4 is 5.73 Å². The Morgan fingerprint density at radius 3 is 2.48 bits per heavy atom. The van der Waals surface area contributed by atoms with Gasteiger partial charge in [0.25, 0.3) is 0 Å². The number of nitrogens with zero attached hydrogens (tertiary/aromatic N) is 5. The average molecular weight is 290 g/mol. The van der Waals surface area contributed by atoms with E-state index in [0.29, 0.717) is 12.5 Å². The number of hydrogen-bond donors (Lipinski definition) is 1. The molecule has 2 aliphatic rings. The van der Waals surface area contributed by atoms with Gasteiger partial charge in [-0.3, -0.25) is 0 Å². The van der Waals surface area contributed by atoms with Crippen molar-refractivity contribution in [3.63, 3.8) is 0 Å². The monoisotopic (exact) mass is 290 g/mol. The van der Waals surface area contributed by atoms with E-state index in [9.17, 15) is 0 Å². The van der Waals surface area contributed by atoms with Crippen molar-refractivity contribution in [1.29, 1.82) is 0 Å². The van der Waals surface area contributed by atoms with Gasteiger partial charge in [-0.1, -0.05) is 19.3 Å². The second kappa shape index (κ2) is 6.91. The third-order valence-electron chi connectivity index (χ3n) is 4.50. The molecule has 0 saturated carbocycles. The van der Waals surface area contributed by atoms with Crippen LogP contribution in [0.2, 0.25) is 0 Å². The lowest BCUT2D eigenvalue weighted by molar-refractivity contribution is 0.428. The fourth-order valence-corrected chi connectivity index (χ4v) is 3.21. The third-order valence-corrected chi connectivity index (χ3v) is 4.50. The zero-order valence-corrected chi connectivity index (χ0v) is 12.8. The molecule has 116 valence electrons. The largest absolute Gasteiger partial charge is 0.370 e. The predicted octanol–water partition coefficient (Wildman–Crippen LogP) is 1.70. The summed E-state index contributed by atoms with van der Waals surface area (Å²) in [5.41, 5.74) is 6.16. The molecule has 0 unspecified atom stereocenters. The lowest BCUT2D eigenvalue weighted by Gasteiger charge is -2.21. The van der Waals surface area contributed by atoms with Crippen molar-refractivity contribution >= 4 is 5.96 Å². The molecular formula is C15H26N6. The summed E-state index contributed by atoms with van der Waals surface area (Å²) in [4.78, 5) is 6.78. The summed E-state index contributed by atoms with van der Waals surface area (Å²) in [5, 5.41) is 8.62. The van der Waals surface area contributed by atoms with E-state index in [1.807, 2.05) is 0 Å². The molecule has 2 N–H and O–H groups in total. The molecule has 1 fully saturated rings. The zero-order valence-electron chi connectivity index (χ0n) is 12.8. The van der Waals surface area contributed by atoms with Gasteiger partial charge < -0.3 is 15.2 Å². The van der Waals surface area contributed by atoms with E-state index in [0.717, 1.165) is 37.7 Å². The van der Waals surface area contributed by atoms with E-state index in [-0.39, 0.29) is 0 Å². The van der Waals surface area contributed by atoms with Crippen LogP contribution in [-0.4, -0.2) is 38.7 Å². The second-order valence-electron chi connectivity index (χ2n) is 6.07. The highest BCUT2D eigenvalue weighted by molar-refractivity contribution is 5.78. The molecule has 3 rings (SSSR count). The summed E-state index contributed by atoms with van der Waals surface area (Å²) >= 11 is 0. The van der Waals surface area contributed by atoms with Gasteiger partial charge in [0, 0.05) is 26.1 Å². The Morgan fingerprint density at radius 2 is 1.67 bits per heavy atom. The maximum Gasteiger partial charge on any atom is 0.191 e. The quantitative estimate of drug-likeness (QED) is 0.664. The molecule has 21 heavy (non-hydrogen) atoms. The highest BCUT2D eigenvalue weighted by atomic mass is 15.3. The van der Waals surface area contributed by atoms with E-state index in [4.69, 9.17) is 5.73 Å². The first kappa shape index (κ1) is 14.4. The van der Waals surface area contributed by atoms with Gasteiger partial charge in [-0.15, -0.1) is 10.2 Å². The van der Waals surface area contributed by atoms with Gasteiger partial charge in [-0.25, -0.2) is 4.99 Å². The Balaban J connectivity index is 1.66. The molecule has 6 heteroatoms. The number of aliphatic imine (C=N–C) groups is 1. The number of likely N-dealkylation sites (tertiary alicyclic amines) is 1. The van der Waals surface area contributed by atoms with Gasteiger partial charge in [0.15, 0.2) is 11.8 Å². The Labute approximate surface area is 126 Å². The molecule has 3 heterocycles. The summed E-state index contributed by atoms with van der Waals surface area (Å²) in [6.07, 6.45) is 9.80. The van der Waals surface area contributed by atoms with Crippen LogP contribution in [0, 0.1) is 0 Å². The minimum absolute atomic E-state index is 0.551. The fourth-order valence-electron chi connectivity index (χ4n) is 3.21. The lowest BCUT2D eigenvalue weighted by Crippen LogP contribution is -2.38. The van der Waals surface area contributed by atoms with Crippen LogP contribution in [0.4, 0.5) is 0 Å². The number of fused-ring (bicyclic) bond motifs is 1. The molecule has 0 radical (unpaired) electrons. The fraction of sp³-hybridized carbons (Fsp3) is 0.800. The highest BCUT2D eigenvalue weighted by Crippen LogP contribution is 2.15. The van der Waals surface area contributed by atoms with Gasteiger partial charge >= 0.3 is 0 Å². The molecule has 0 amide bonds. The summed E-state index contributed by atoms with van der Waals surface area (Å²) in [5.74, 6) is 2.75. The van der Waals surface area contributed by atoms with Crippen LogP contribution in [0.15, 0.2) is 4.99 Å².